The highest BCUT2D eigenvalue weighted by Crippen LogP contribution is 2.39. The highest BCUT2D eigenvalue weighted by molar-refractivity contribution is 4.93. The highest BCUT2D eigenvalue weighted by Gasteiger charge is 2.38. The third-order valence-electron chi connectivity index (χ3n) is 6.03. The molecule has 1 aliphatic heterocycles. The zero-order valence-electron chi connectivity index (χ0n) is 14.3. The Morgan fingerprint density at radius 1 is 1.10 bits per heavy atom. The summed E-state index contributed by atoms with van der Waals surface area (Å²) in [5.41, 5.74) is 0.481. The van der Waals surface area contributed by atoms with E-state index in [1.807, 2.05) is 0 Å². The average Bonchev–Trinajstić information content (AvgIpc) is 2.93. The number of nitrogens with one attached hydrogen (secondary N) is 1. The summed E-state index contributed by atoms with van der Waals surface area (Å²) in [5, 5.41) is 3.71. The molecule has 0 spiro atoms. The minimum Gasteiger partial charge on any atom is -0.314 e. The molecule has 2 fully saturated rings. The molecule has 2 atom stereocenters. The number of hydrogen-bond acceptors (Lipinski definition) is 2. The van der Waals surface area contributed by atoms with E-state index < -0.39 is 0 Å². The summed E-state index contributed by atoms with van der Waals surface area (Å²) in [7, 11) is 0. The Morgan fingerprint density at radius 3 is 2.45 bits per heavy atom. The maximum absolute atomic E-state index is 3.71. The first kappa shape index (κ1) is 16.3. The smallest absolute Gasteiger partial charge is 0.0124 e. The normalized spacial score (nSPS) is 28.1. The molecule has 1 aliphatic carbocycles. The van der Waals surface area contributed by atoms with Crippen molar-refractivity contribution in [1.82, 2.24) is 10.2 Å². The molecule has 0 aromatic carbocycles. The van der Waals surface area contributed by atoms with Crippen LogP contribution in [-0.2, 0) is 0 Å². The summed E-state index contributed by atoms with van der Waals surface area (Å²) in [6, 6.07) is 1.52. The highest BCUT2D eigenvalue weighted by atomic mass is 15.2. The van der Waals surface area contributed by atoms with Crippen LogP contribution >= 0.6 is 0 Å². The van der Waals surface area contributed by atoms with E-state index in [-0.39, 0.29) is 0 Å². The van der Waals surface area contributed by atoms with Crippen LogP contribution < -0.4 is 5.32 Å². The maximum Gasteiger partial charge on any atom is 0.0124 e. The first-order valence-electron chi connectivity index (χ1n) is 9.07. The van der Waals surface area contributed by atoms with Gasteiger partial charge in [0, 0.05) is 25.2 Å². The molecular weight excluding hydrogens is 244 g/mol. The Kier molecular flexibility index (Phi) is 5.92. The molecule has 1 N–H and O–H groups in total. The van der Waals surface area contributed by atoms with Crippen molar-refractivity contribution < 1.29 is 0 Å². The molecular formula is C18H36N2. The molecule has 1 heterocycles. The van der Waals surface area contributed by atoms with Crippen LogP contribution in [-0.4, -0.2) is 36.6 Å². The second-order valence-corrected chi connectivity index (χ2v) is 7.61. The minimum atomic E-state index is 0.481. The molecule has 2 unspecified atom stereocenters. The Balaban J connectivity index is 1.99. The second-order valence-electron chi connectivity index (χ2n) is 7.61. The maximum atomic E-state index is 3.71. The fraction of sp³-hybridized carbons (Fsp3) is 1.00. The summed E-state index contributed by atoms with van der Waals surface area (Å²) in [6.07, 6.45) is 9.97. The van der Waals surface area contributed by atoms with Gasteiger partial charge in [0.05, 0.1) is 0 Å². The lowest BCUT2D eigenvalue weighted by Crippen LogP contribution is -2.51. The second kappa shape index (κ2) is 7.26. The summed E-state index contributed by atoms with van der Waals surface area (Å²) >= 11 is 0. The lowest BCUT2D eigenvalue weighted by Gasteiger charge is -2.44. The third kappa shape index (κ3) is 3.76. The molecule has 2 rings (SSSR count). The number of piperidine rings is 1. The number of nitrogens with zero attached hydrogens (tertiary/aromatic N) is 1. The van der Waals surface area contributed by atoms with Gasteiger partial charge in [-0.05, 0) is 56.4 Å². The van der Waals surface area contributed by atoms with Crippen molar-refractivity contribution in [3.63, 3.8) is 0 Å². The van der Waals surface area contributed by atoms with Crippen LogP contribution in [0.2, 0.25) is 0 Å². The molecule has 2 nitrogen and oxygen atoms in total. The lowest BCUT2D eigenvalue weighted by atomic mass is 9.79. The molecule has 20 heavy (non-hydrogen) atoms. The minimum absolute atomic E-state index is 0.481. The largest absolute Gasteiger partial charge is 0.314 e. The summed E-state index contributed by atoms with van der Waals surface area (Å²) in [5.74, 6) is 1.02. The Hall–Kier alpha value is -0.0800. The van der Waals surface area contributed by atoms with Gasteiger partial charge >= 0.3 is 0 Å². The molecule has 0 aromatic rings. The van der Waals surface area contributed by atoms with Gasteiger partial charge in [0.2, 0.25) is 0 Å². The van der Waals surface area contributed by atoms with Gasteiger partial charge in [-0.15, -0.1) is 0 Å². The van der Waals surface area contributed by atoms with Crippen LogP contribution in [0.1, 0.15) is 72.6 Å². The van der Waals surface area contributed by atoms with E-state index in [2.05, 4.69) is 37.9 Å². The quantitative estimate of drug-likeness (QED) is 0.756. The van der Waals surface area contributed by atoms with Crippen molar-refractivity contribution in [2.45, 2.75) is 84.7 Å². The number of likely N-dealkylation sites (tertiary alicyclic amines) is 1. The van der Waals surface area contributed by atoms with E-state index in [0.29, 0.717) is 11.5 Å². The van der Waals surface area contributed by atoms with Crippen LogP contribution in [0, 0.1) is 11.3 Å². The van der Waals surface area contributed by atoms with Crippen LogP contribution in [0.3, 0.4) is 0 Å². The molecule has 118 valence electrons. The Morgan fingerprint density at radius 2 is 1.80 bits per heavy atom. The van der Waals surface area contributed by atoms with Crippen molar-refractivity contribution in [2.24, 2.45) is 11.3 Å². The molecule has 1 saturated carbocycles. The van der Waals surface area contributed by atoms with Crippen LogP contribution in [0.15, 0.2) is 0 Å². The van der Waals surface area contributed by atoms with Crippen LogP contribution in [0.4, 0.5) is 0 Å². The van der Waals surface area contributed by atoms with E-state index >= 15 is 0 Å². The van der Waals surface area contributed by atoms with Crippen molar-refractivity contribution in [2.75, 3.05) is 19.6 Å². The topological polar surface area (TPSA) is 15.3 Å². The lowest BCUT2D eigenvalue weighted by molar-refractivity contribution is 0.0526. The van der Waals surface area contributed by atoms with E-state index in [0.717, 1.165) is 12.0 Å². The summed E-state index contributed by atoms with van der Waals surface area (Å²) in [4.78, 5) is 2.87. The van der Waals surface area contributed by atoms with Gasteiger partial charge in [-0.1, -0.05) is 34.1 Å². The van der Waals surface area contributed by atoms with Crippen LogP contribution in [0.5, 0.6) is 0 Å². The first-order valence-corrected chi connectivity index (χ1v) is 9.07. The molecule has 0 bridgehead atoms. The summed E-state index contributed by atoms with van der Waals surface area (Å²) in [6.45, 7) is 13.2. The number of rotatable bonds is 7. The van der Waals surface area contributed by atoms with E-state index in [4.69, 9.17) is 0 Å². The van der Waals surface area contributed by atoms with Gasteiger partial charge in [-0.25, -0.2) is 0 Å². The summed E-state index contributed by atoms with van der Waals surface area (Å²) < 4.78 is 0. The molecule has 2 heteroatoms. The Bertz CT molecular complexity index is 283. The van der Waals surface area contributed by atoms with Crippen molar-refractivity contribution in [3.8, 4) is 0 Å². The molecule has 0 aromatic heterocycles. The SMILES string of the molecule is CCC(CC)(CNC(C)C)CN1CCCC2CCCC21. The van der Waals surface area contributed by atoms with E-state index in [1.165, 1.54) is 64.6 Å². The predicted molar refractivity (Wildman–Crippen MR) is 88.1 cm³/mol. The molecule has 0 amide bonds. The van der Waals surface area contributed by atoms with Gasteiger partial charge in [0.1, 0.15) is 0 Å². The van der Waals surface area contributed by atoms with Gasteiger partial charge in [0.25, 0.3) is 0 Å². The van der Waals surface area contributed by atoms with Crippen molar-refractivity contribution in [3.05, 3.63) is 0 Å². The monoisotopic (exact) mass is 280 g/mol. The van der Waals surface area contributed by atoms with Gasteiger partial charge in [-0.3, -0.25) is 4.90 Å². The van der Waals surface area contributed by atoms with Crippen molar-refractivity contribution in [1.29, 1.82) is 0 Å². The first-order chi connectivity index (χ1) is 9.60. The zero-order valence-corrected chi connectivity index (χ0v) is 14.3. The van der Waals surface area contributed by atoms with Crippen molar-refractivity contribution >= 4 is 0 Å². The molecule has 0 radical (unpaired) electrons. The number of fused-ring (bicyclic) bond motifs is 1. The molecule has 2 aliphatic rings. The fourth-order valence-electron chi connectivity index (χ4n) is 4.38. The fourth-order valence-corrected chi connectivity index (χ4v) is 4.38. The third-order valence-corrected chi connectivity index (χ3v) is 6.03. The number of hydrogen-bond donors (Lipinski definition) is 1. The zero-order chi connectivity index (χ0) is 14.6. The van der Waals surface area contributed by atoms with E-state index in [9.17, 15) is 0 Å². The Labute approximate surface area is 126 Å². The van der Waals surface area contributed by atoms with Gasteiger partial charge in [0.15, 0.2) is 0 Å². The van der Waals surface area contributed by atoms with Gasteiger partial charge in [-0.2, -0.15) is 0 Å². The average molecular weight is 280 g/mol. The van der Waals surface area contributed by atoms with Crippen LogP contribution in [0.25, 0.3) is 0 Å². The molecule has 1 saturated heterocycles. The van der Waals surface area contributed by atoms with Gasteiger partial charge < -0.3 is 5.32 Å². The van der Waals surface area contributed by atoms with E-state index in [1.54, 1.807) is 0 Å². The standard InChI is InChI=1S/C18H36N2/c1-5-18(6-2,13-19-15(3)4)14-20-12-8-10-16-9-7-11-17(16)20/h15-17,19H,5-14H2,1-4H3. The predicted octanol–water partition coefficient (Wildman–Crippen LogP) is 4.06.